The normalized spacial score (nSPS) is 12.1. The van der Waals surface area contributed by atoms with Crippen molar-refractivity contribution in [3.63, 3.8) is 0 Å². The fraction of sp³-hybridized carbons (Fsp3) is 0.0476. The highest BCUT2D eigenvalue weighted by atomic mass is 16.3. The highest BCUT2D eigenvalue weighted by molar-refractivity contribution is 6.23. The molecule has 0 spiro atoms. The molecule has 7 aromatic carbocycles. The van der Waals surface area contributed by atoms with Crippen LogP contribution < -0.4 is 0 Å². The maximum atomic E-state index is 6.63. The maximum absolute atomic E-state index is 6.63. The summed E-state index contributed by atoms with van der Waals surface area (Å²) in [6.07, 6.45) is 1.90. The highest BCUT2D eigenvalue weighted by Gasteiger charge is 2.18. The van der Waals surface area contributed by atoms with E-state index >= 15 is 0 Å². The van der Waals surface area contributed by atoms with Gasteiger partial charge >= 0.3 is 0 Å². The van der Waals surface area contributed by atoms with Crippen LogP contribution in [0.2, 0.25) is 0 Å². The molecule has 3 heterocycles. The molecule has 10 rings (SSSR count). The van der Waals surface area contributed by atoms with Gasteiger partial charge in [0, 0.05) is 49.5 Å². The SMILES string of the molecule is Cc1ccc2oc3cc4oc5c(-c6cccc(-c7cnc8c9ccccc9c9ccccc9c8n7)c6)cc(C)cc5c4cc3c2c1. The van der Waals surface area contributed by atoms with Crippen molar-refractivity contribution in [2.45, 2.75) is 13.8 Å². The van der Waals surface area contributed by atoms with Gasteiger partial charge in [0.05, 0.1) is 22.9 Å². The molecule has 0 radical (unpaired) electrons. The van der Waals surface area contributed by atoms with E-state index in [2.05, 4.69) is 117 Å². The zero-order valence-electron chi connectivity index (χ0n) is 25.3. The second kappa shape index (κ2) is 9.26. The van der Waals surface area contributed by atoms with Crippen LogP contribution in [0.1, 0.15) is 11.1 Å². The molecule has 0 aliphatic carbocycles. The average molecular weight is 591 g/mol. The molecule has 0 fully saturated rings. The Bertz CT molecular complexity index is 2860. The minimum atomic E-state index is 0.820. The Labute approximate surface area is 263 Å². The Morgan fingerprint density at radius 3 is 1.96 bits per heavy atom. The molecule has 216 valence electrons. The molecule has 4 nitrogen and oxygen atoms in total. The number of fused-ring (bicyclic) bond motifs is 12. The summed E-state index contributed by atoms with van der Waals surface area (Å²) in [4.78, 5) is 10.2. The number of nitrogens with zero attached hydrogens (tertiary/aromatic N) is 2. The zero-order valence-corrected chi connectivity index (χ0v) is 25.3. The van der Waals surface area contributed by atoms with Crippen LogP contribution in [0.25, 0.3) is 98.8 Å². The number of furan rings is 2. The first kappa shape index (κ1) is 25.3. The maximum Gasteiger partial charge on any atom is 0.143 e. The van der Waals surface area contributed by atoms with E-state index in [1.54, 1.807) is 0 Å². The minimum Gasteiger partial charge on any atom is -0.456 e. The number of aryl methyl sites for hydroxylation is 2. The summed E-state index contributed by atoms with van der Waals surface area (Å²) < 4.78 is 12.8. The van der Waals surface area contributed by atoms with E-state index in [1.807, 2.05) is 18.3 Å². The predicted octanol–water partition coefficient (Wildman–Crippen LogP) is 11.7. The average Bonchev–Trinajstić information content (AvgIpc) is 3.63. The van der Waals surface area contributed by atoms with Gasteiger partial charge in [-0.25, -0.2) is 4.98 Å². The Kier molecular flexibility index (Phi) is 5.10. The summed E-state index contributed by atoms with van der Waals surface area (Å²) >= 11 is 0. The van der Waals surface area contributed by atoms with Gasteiger partial charge in [0.15, 0.2) is 0 Å². The Morgan fingerprint density at radius 1 is 0.457 bits per heavy atom. The number of hydrogen-bond donors (Lipinski definition) is 0. The van der Waals surface area contributed by atoms with Crippen LogP contribution >= 0.6 is 0 Å². The first-order chi connectivity index (χ1) is 22.6. The summed E-state index contributed by atoms with van der Waals surface area (Å²) in [5, 5.41) is 9.03. The molecule has 46 heavy (non-hydrogen) atoms. The van der Waals surface area contributed by atoms with Crippen LogP contribution in [-0.2, 0) is 0 Å². The zero-order chi connectivity index (χ0) is 30.5. The molecule has 0 saturated carbocycles. The Hall–Kier alpha value is -6.00. The Morgan fingerprint density at radius 2 is 1.13 bits per heavy atom. The van der Waals surface area contributed by atoms with Gasteiger partial charge < -0.3 is 8.83 Å². The molecule has 0 aliphatic heterocycles. The third-order valence-corrected chi connectivity index (χ3v) is 9.36. The molecule has 0 aliphatic rings. The fourth-order valence-electron chi connectivity index (χ4n) is 7.23. The van der Waals surface area contributed by atoms with Crippen LogP contribution in [0.5, 0.6) is 0 Å². The molecular formula is C42H26N2O2. The molecular weight excluding hydrogens is 564 g/mol. The molecule has 0 N–H and O–H groups in total. The van der Waals surface area contributed by atoms with Crippen LogP contribution in [0, 0.1) is 13.8 Å². The number of rotatable bonds is 2. The van der Waals surface area contributed by atoms with Gasteiger partial charge in [-0.15, -0.1) is 0 Å². The quantitative estimate of drug-likeness (QED) is 0.188. The molecule has 0 saturated heterocycles. The van der Waals surface area contributed by atoms with E-state index in [4.69, 9.17) is 18.8 Å². The van der Waals surface area contributed by atoms with Crippen molar-refractivity contribution < 1.29 is 8.83 Å². The lowest BCUT2D eigenvalue weighted by Gasteiger charge is -2.11. The number of benzene rings is 7. The minimum absolute atomic E-state index is 0.820. The van der Waals surface area contributed by atoms with Gasteiger partial charge in [-0.1, -0.05) is 78.4 Å². The monoisotopic (exact) mass is 590 g/mol. The van der Waals surface area contributed by atoms with Crippen LogP contribution in [0.15, 0.2) is 130 Å². The van der Waals surface area contributed by atoms with Crippen molar-refractivity contribution in [1.82, 2.24) is 9.97 Å². The second-order valence-electron chi connectivity index (χ2n) is 12.4. The third kappa shape index (κ3) is 3.61. The lowest BCUT2D eigenvalue weighted by atomic mass is 9.97. The van der Waals surface area contributed by atoms with Crippen molar-refractivity contribution in [2.24, 2.45) is 0 Å². The van der Waals surface area contributed by atoms with Crippen molar-refractivity contribution in [3.8, 4) is 22.4 Å². The van der Waals surface area contributed by atoms with Crippen molar-refractivity contribution in [3.05, 3.63) is 133 Å². The van der Waals surface area contributed by atoms with Crippen LogP contribution in [0.3, 0.4) is 0 Å². The highest BCUT2D eigenvalue weighted by Crippen LogP contribution is 2.41. The number of hydrogen-bond acceptors (Lipinski definition) is 4. The summed E-state index contributed by atoms with van der Waals surface area (Å²) in [5.41, 5.74) is 11.6. The van der Waals surface area contributed by atoms with E-state index in [-0.39, 0.29) is 0 Å². The third-order valence-electron chi connectivity index (χ3n) is 9.36. The van der Waals surface area contributed by atoms with Crippen molar-refractivity contribution >= 4 is 76.5 Å². The first-order valence-corrected chi connectivity index (χ1v) is 15.6. The topological polar surface area (TPSA) is 52.1 Å². The summed E-state index contributed by atoms with van der Waals surface area (Å²) in [7, 11) is 0. The molecule has 0 bridgehead atoms. The first-order valence-electron chi connectivity index (χ1n) is 15.6. The molecule has 4 heteroatoms. The molecule has 3 aromatic heterocycles. The van der Waals surface area contributed by atoms with E-state index in [9.17, 15) is 0 Å². The smallest absolute Gasteiger partial charge is 0.143 e. The van der Waals surface area contributed by atoms with E-state index in [1.165, 1.54) is 21.9 Å². The lowest BCUT2D eigenvalue weighted by Crippen LogP contribution is -1.92. The van der Waals surface area contributed by atoms with E-state index < -0.39 is 0 Å². The predicted molar refractivity (Wildman–Crippen MR) is 189 cm³/mol. The van der Waals surface area contributed by atoms with Crippen molar-refractivity contribution in [2.75, 3.05) is 0 Å². The van der Waals surface area contributed by atoms with Gasteiger partial charge in [0.2, 0.25) is 0 Å². The summed E-state index contributed by atoms with van der Waals surface area (Å²) in [5.74, 6) is 0. The Balaban J connectivity index is 1.16. The molecule has 0 atom stereocenters. The van der Waals surface area contributed by atoms with E-state index in [0.29, 0.717) is 0 Å². The summed E-state index contributed by atoms with van der Waals surface area (Å²) in [6, 6.07) is 40.5. The largest absolute Gasteiger partial charge is 0.456 e. The van der Waals surface area contributed by atoms with Crippen molar-refractivity contribution in [1.29, 1.82) is 0 Å². The fourth-order valence-corrected chi connectivity index (χ4v) is 7.23. The van der Waals surface area contributed by atoms with Crippen LogP contribution in [0.4, 0.5) is 0 Å². The molecule has 0 unspecified atom stereocenters. The van der Waals surface area contributed by atoms with Gasteiger partial charge in [0.25, 0.3) is 0 Å². The number of aromatic nitrogens is 2. The van der Waals surface area contributed by atoms with Gasteiger partial charge in [0.1, 0.15) is 22.3 Å². The molecule has 0 amide bonds. The second-order valence-corrected chi connectivity index (χ2v) is 12.4. The van der Waals surface area contributed by atoms with Gasteiger partial charge in [-0.05, 0) is 72.1 Å². The summed E-state index contributed by atoms with van der Waals surface area (Å²) in [6.45, 7) is 4.26. The molecule has 10 aromatic rings. The van der Waals surface area contributed by atoms with Gasteiger partial charge in [-0.2, -0.15) is 0 Å². The lowest BCUT2D eigenvalue weighted by molar-refractivity contribution is 0.656. The van der Waals surface area contributed by atoms with E-state index in [0.717, 1.165) is 88.1 Å². The van der Waals surface area contributed by atoms with Gasteiger partial charge in [-0.3, -0.25) is 4.98 Å². The van der Waals surface area contributed by atoms with Crippen LogP contribution in [-0.4, -0.2) is 9.97 Å². The standard InChI is InChI=1S/C42H26N2O2/c1-23-14-15-37-32(16-23)33-20-34-35-18-24(2)17-31(42(35)46-39(34)21-38(33)45-37)25-8-7-9-26(19-25)36-22-43-40-29-12-5-3-10-27(29)28-11-4-6-13-30(28)41(40)44-36/h3-22H,1-2H3.